The van der Waals surface area contributed by atoms with Gasteiger partial charge in [0.25, 0.3) is 10.1 Å². The molecule has 0 saturated carbocycles. The normalized spacial score (nSPS) is 37.7. The predicted molar refractivity (Wildman–Crippen MR) is 86.7 cm³/mol. The minimum Gasteiger partial charge on any atom is -0.463 e. The summed E-state index contributed by atoms with van der Waals surface area (Å²) in [7, 11) is -4.20. The topological polar surface area (TPSA) is 132 Å². The molecule has 10 nitrogen and oxygen atoms in total. The van der Waals surface area contributed by atoms with Gasteiger partial charge in [0.15, 0.2) is 17.0 Å². The molecule has 0 amide bonds. The number of carbonyl (C=O) groups excluding carboxylic acids is 3. The van der Waals surface area contributed by atoms with Crippen molar-refractivity contribution in [2.24, 2.45) is 0 Å². The van der Waals surface area contributed by atoms with Crippen molar-refractivity contribution in [3.05, 3.63) is 12.2 Å². The molecule has 3 rings (SSSR count). The SMILES string of the molecule is C=C(C)C(=O)OC1C2C3(COC(C)=O)OC1(COC(C)=O)CC3OS2(=O)=O. The highest BCUT2D eigenvalue weighted by molar-refractivity contribution is 7.87. The van der Waals surface area contributed by atoms with Gasteiger partial charge in [-0.1, -0.05) is 6.58 Å². The van der Waals surface area contributed by atoms with E-state index < -0.39 is 63.3 Å². The van der Waals surface area contributed by atoms with Crippen molar-refractivity contribution in [2.45, 2.75) is 55.9 Å². The monoisotopic (exact) mass is 404 g/mol. The van der Waals surface area contributed by atoms with Crippen LogP contribution in [0.15, 0.2) is 12.2 Å². The third-order valence-corrected chi connectivity index (χ3v) is 6.68. The first-order valence-electron chi connectivity index (χ1n) is 8.19. The standard InChI is InChI=1S/C16H20O10S/c1-8(2)14(19)24-12-13-16(7-23-10(4)18)11(25-27(13,20)21)5-15(12,26-16)6-22-9(3)17/h11-13H,1,5-7H2,2-4H3. The van der Waals surface area contributed by atoms with Crippen molar-refractivity contribution in [3.8, 4) is 0 Å². The molecule has 3 heterocycles. The van der Waals surface area contributed by atoms with Crippen molar-refractivity contribution < 1.29 is 45.9 Å². The van der Waals surface area contributed by atoms with Crippen molar-refractivity contribution in [3.63, 3.8) is 0 Å². The maximum absolute atomic E-state index is 12.6. The number of esters is 3. The molecule has 3 aliphatic heterocycles. The van der Waals surface area contributed by atoms with E-state index in [0.29, 0.717) is 0 Å². The van der Waals surface area contributed by atoms with Crippen molar-refractivity contribution >= 4 is 28.0 Å². The Morgan fingerprint density at radius 3 is 2.26 bits per heavy atom. The van der Waals surface area contributed by atoms with Crippen LogP contribution in [-0.2, 0) is 47.6 Å². The molecule has 3 fully saturated rings. The van der Waals surface area contributed by atoms with Gasteiger partial charge in [-0.15, -0.1) is 0 Å². The van der Waals surface area contributed by atoms with Gasteiger partial charge in [-0.25, -0.2) is 4.79 Å². The van der Waals surface area contributed by atoms with E-state index in [-0.39, 0.29) is 18.6 Å². The van der Waals surface area contributed by atoms with E-state index in [9.17, 15) is 22.8 Å². The highest BCUT2D eigenvalue weighted by Crippen LogP contribution is 2.60. The second kappa shape index (κ2) is 6.28. The number of ether oxygens (including phenoxy) is 4. The average molecular weight is 404 g/mol. The lowest BCUT2D eigenvalue weighted by molar-refractivity contribution is -0.171. The van der Waals surface area contributed by atoms with Gasteiger partial charge < -0.3 is 18.9 Å². The lowest BCUT2D eigenvalue weighted by Gasteiger charge is -2.33. The molecule has 150 valence electrons. The molecule has 0 aromatic heterocycles. The first kappa shape index (κ1) is 19.8. The maximum atomic E-state index is 12.6. The Kier molecular flexibility index (Phi) is 4.60. The third-order valence-electron chi connectivity index (χ3n) is 4.91. The Bertz CT molecular complexity index is 817. The van der Waals surface area contributed by atoms with Crippen LogP contribution < -0.4 is 0 Å². The quantitative estimate of drug-likeness (QED) is 0.249. The predicted octanol–water partition coefficient (Wildman–Crippen LogP) is -0.391. The van der Waals surface area contributed by atoms with Gasteiger partial charge in [-0.05, 0) is 6.92 Å². The Morgan fingerprint density at radius 2 is 1.70 bits per heavy atom. The Morgan fingerprint density at radius 1 is 1.11 bits per heavy atom. The van der Waals surface area contributed by atoms with Gasteiger partial charge in [-0.2, -0.15) is 8.42 Å². The van der Waals surface area contributed by atoms with Gasteiger partial charge in [0.2, 0.25) is 0 Å². The fourth-order valence-electron chi connectivity index (χ4n) is 3.85. The molecule has 3 aliphatic rings. The van der Waals surface area contributed by atoms with Crippen LogP contribution in [0, 0.1) is 0 Å². The van der Waals surface area contributed by atoms with E-state index in [0.717, 1.165) is 0 Å². The fourth-order valence-corrected chi connectivity index (χ4v) is 5.89. The summed E-state index contributed by atoms with van der Waals surface area (Å²) in [6.07, 6.45) is -2.30. The van der Waals surface area contributed by atoms with E-state index in [1.54, 1.807) is 0 Å². The van der Waals surface area contributed by atoms with Crippen molar-refractivity contribution in [2.75, 3.05) is 13.2 Å². The summed E-state index contributed by atoms with van der Waals surface area (Å²) in [5.74, 6) is -2.07. The molecule has 5 atom stereocenters. The largest absolute Gasteiger partial charge is 0.463 e. The molecule has 5 unspecified atom stereocenters. The summed E-state index contributed by atoms with van der Waals surface area (Å²) >= 11 is 0. The smallest absolute Gasteiger partial charge is 0.333 e. The van der Waals surface area contributed by atoms with Gasteiger partial charge >= 0.3 is 17.9 Å². The number of hydrogen-bond acceptors (Lipinski definition) is 10. The molecular weight excluding hydrogens is 384 g/mol. The Balaban J connectivity index is 2.03. The summed E-state index contributed by atoms with van der Waals surface area (Å²) < 4.78 is 51.8. The Hall–Kier alpha value is -1.98. The summed E-state index contributed by atoms with van der Waals surface area (Å²) in [6.45, 7) is 6.50. The van der Waals surface area contributed by atoms with E-state index >= 15 is 0 Å². The lowest BCUT2D eigenvalue weighted by Crippen LogP contribution is -2.57. The average Bonchev–Trinajstić information content (AvgIpc) is 3.03. The molecule has 0 radical (unpaired) electrons. The van der Waals surface area contributed by atoms with Crippen LogP contribution in [0.5, 0.6) is 0 Å². The number of hydrogen-bond donors (Lipinski definition) is 0. The van der Waals surface area contributed by atoms with Crippen LogP contribution in [0.2, 0.25) is 0 Å². The van der Waals surface area contributed by atoms with E-state index in [1.165, 1.54) is 20.8 Å². The van der Waals surface area contributed by atoms with E-state index in [1.807, 2.05) is 0 Å². The van der Waals surface area contributed by atoms with E-state index in [4.69, 9.17) is 23.1 Å². The van der Waals surface area contributed by atoms with Gasteiger partial charge in [0.05, 0.1) is 0 Å². The molecule has 11 heteroatoms. The summed E-state index contributed by atoms with van der Waals surface area (Å²) in [4.78, 5) is 34.7. The number of rotatable bonds is 6. The first-order chi connectivity index (χ1) is 12.4. The molecular formula is C16H20O10S. The molecule has 2 bridgehead atoms. The first-order valence-corrected chi connectivity index (χ1v) is 9.66. The van der Waals surface area contributed by atoms with Crippen molar-refractivity contribution in [1.82, 2.24) is 0 Å². The van der Waals surface area contributed by atoms with Crippen molar-refractivity contribution in [1.29, 1.82) is 0 Å². The molecule has 0 N–H and O–H groups in total. The number of fused-ring (bicyclic) bond motifs is 1. The fraction of sp³-hybridized carbons (Fsp3) is 0.688. The molecule has 27 heavy (non-hydrogen) atoms. The summed E-state index contributed by atoms with van der Waals surface area (Å²) in [6, 6.07) is 0. The van der Waals surface area contributed by atoms with E-state index in [2.05, 4.69) is 6.58 Å². The number of carbonyl (C=O) groups is 3. The summed E-state index contributed by atoms with van der Waals surface area (Å²) in [5.41, 5.74) is -2.93. The Labute approximate surface area is 155 Å². The lowest BCUT2D eigenvalue weighted by atomic mass is 9.78. The van der Waals surface area contributed by atoms with Gasteiger partial charge in [-0.3, -0.25) is 13.8 Å². The van der Waals surface area contributed by atoms with Crippen LogP contribution in [0.1, 0.15) is 27.2 Å². The second-order valence-electron chi connectivity index (χ2n) is 6.99. The second-order valence-corrected chi connectivity index (χ2v) is 8.68. The maximum Gasteiger partial charge on any atom is 0.333 e. The zero-order valence-corrected chi connectivity index (χ0v) is 15.9. The highest BCUT2D eigenvalue weighted by atomic mass is 32.2. The van der Waals surface area contributed by atoms with Crippen LogP contribution in [-0.4, -0.2) is 68.2 Å². The van der Waals surface area contributed by atoms with Crippen LogP contribution in [0.3, 0.4) is 0 Å². The summed E-state index contributed by atoms with van der Waals surface area (Å²) in [5, 5.41) is -1.43. The zero-order chi connectivity index (χ0) is 20.2. The molecule has 0 aromatic carbocycles. The molecule has 3 saturated heterocycles. The molecule has 0 spiro atoms. The minimum atomic E-state index is -4.20. The van der Waals surface area contributed by atoms with Gasteiger partial charge in [0, 0.05) is 25.8 Å². The van der Waals surface area contributed by atoms with Crippen LogP contribution in [0.25, 0.3) is 0 Å². The minimum absolute atomic E-state index is 0.0224. The van der Waals surface area contributed by atoms with Crippen LogP contribution in [0.4, 0.5) is 0 Å². The highest BCUT2D eigenvalue weighted by Gasteiger charge is 2.82. The zero-order valence-electron chi connectivity index (χ0n) is 15.1. The molecule has 0 aliphatic carbocycles. The molecule has 0 aromatic rings. The van der Waals surface area contributed by atoms with Gasteiger partial charge in [0.1, 0.15) is 24.9 Å². The third kappa shape index (κ3) is 3.03. The van der Waals surface area contributed by atoms with Crippen LogP contribution >= 0.6 is 0 Å².